The van der Waals surface area contributed by atoms with Crippen molar-refractivity contribution in [3.8, 4) is 5.75 Å². The third-order valence-electron chi connectivity index (χ3n) is 5.37. The van der Waals surface area contributed by atoms with Crippen molar-refractivity contribution in [2.24, 2.45) is 0 Å². The summed E-state index contributed by atoms with van der Waals surface area (Å²) < 4.78 is 10.6. The number of H-pyrrole nitrogens is 1. The highest BCUT2D eigenvalue weighted by molar-refractivity contribution is 6.01. The minimum absolute atomic E-state index is 0.0881. The number of esters is 1. The summed E-state index contributed by atoms with van der Waals surface area (Å²) in [4.78, 5) is 16.1. The van der Waals surface area contributed by atoms with Crippen molar-refractivity contribution in [2.45, 2.75) is 26.2 Å². The molecule has 0 saturated heterocycles. The molecular formula is C23H23NO3. The molecule has 0 bridgehead atoms. The zero-order chi connectivity index (χ0) is 19.0. The minimum Gasteiger partial charge on any atom is -0.497 e. The molecule has 4 rings (SSSR count). The Bertz CT molecular complexity index is 1030. The summed E-state index contributed by atoms with van der Waals surface area (Å²) >= 11 is 0. The molecule has 138 valence electrons. The molecule has 1 aliphatic carbocycles. The molecule has 1 aliphatic rings. The van der Waals surface area contributed by atoms with Crippen LogP contribution in [0.4, 0.5) is 0 Å². The molecule has 0 amide bonds. The molecule has 2 aromatic carbocycles. The highest BCUT2D eigenvalue weighted by Crippen LogP contribution is 2.45. The number of fused-ring (bicyclic) bond motifs is 3. The fraction of sp³-hybridized carbons (Fsp3) is 0.261. The van der Waals surface area contributed by atoms with Gasteiger partial charge in [0.05, 0.1) is 13.7 Å². The van der Waals surface area contributed by atoms with E-state index in [-0.39, 0.29) is 11.9 Å². The summed E-state index contributed by atoms with van der Waals surface area (Å²) in [5, 5.41) is 1.20. The van der Waals surface area contributed by atoms with Crippen molar-refractivity contribution in [3.05, 3.63) is 70.9 Å². The Kier molecular flexibility index (Phi) is 4.48. The van der Waals surface area contributed by atoms with Crippen molar-refractivity contribution < 1.29 is 14.3 Å². The van der Waals surface area contributed by atoms with Gasteiger partial charge in [0.15, 0.2) is 0 Å². The molecule has 1 atom stereocenters. The van der Waals surface area contributed by atoms with E-state index in [1.165, 1.54) is 10.9 Å². The van der Waals surface area contributed by atoms with Crippen molar-refractivity contribution in [1.82, 2.24) is 4.98 Å². The number of carbonyl (C=O) groups is 1. The van der Waals surface area contributed by atoms with Gasteiger partial charge in [0.1, 0.15) is 5.75 Å². The van der Waals surface area contributed by atoms with Crippen LogP contribution in [0.1, 0.15) is 43.0 Å². The largest absolute Gasteiger partial charge is 0.497 e. The highest BCUT2D eigenvalue weighted by atomic mass is 16.5. The van der Waals surface area contributed by atoms with E-state index >= 15 is 0 Å². The van der Waals surface area contributed by atoms with Crippen LogP contribution in [-0.2, 0) is 9.53 Å². The molecule has 1 N–H and O–H groups in total. The predicted octanol–water partition coefficient (Wildman–Crippen LogP) is 5.05. The van der Waals surface area contributed by atoms with E-state index in [0.29, 0.717) is 13.0 Å². The van der Waals surface area contributed by atoms with Crippen molar-refractivity contribution >= 4 is 22.4 Å². The third-order valence-corrected chi connectivity index (χ3v) is 5.37. The Morgan fingerprint density at radius 3 is 2.59 bits per heavy atom. The summed E-state index contributed by atoms with van der Waals surface area (Å²) in [6.45, 7) is 4.22. The van der Waals surface area contributed by atoms with Crippen molar-refractivity contribution in [3.63, 3.8) is 0 Å². The quantitative estimate of drug-likeness (QED) is 0.662. The van der Waals surface area contributed by atoms with Gasteiger partial charge < -0.3 is 14.5 Å². The standard InChI is InChI=1S/C23H23NO3/c1-4-27-23(25)18-13-19(15-9-11-16(26-3)12-10-15)21-17-7-5-6-8-20(17)24-22(21)14(18)2/h5-12,19,24H,4,13H2,1-3H3. The topological polar surface area (TPSA) is 51.3 Å². The third kappa shape index (κ3) is 2.91. The number of para-hydroxylation sites is 1. The van der Waals surface area contributed by atoms with Gasteiger partial charge in [-0.1, -0.05) is 30.3 Å². The second kappa shape index (κ2) is 6.95. The first kappa shape index (κ1) is 17.4. The summed E-state index contributed by atoms with van der Waals surface area (Å²) in [5.74, 6) is 0.689. The van der Waals surface area contributed by atoms with Gasteiger partial charge in [-0.25, -0.2) is 4.79 Å². The van der Waals surface area contributed by atoms with Crippen LogP contribution < -0.4 is 4.74 Å². The smallest absolute Gasteiger partial charge is 0.334 e. The summed E-state index contributed by atoms with van der Waals surface area (Å²) in [7, 11) is 1.67. The van der Waals surface area contributed by atoms with Gasteiger partial charge in [-0.05, 0) is 55.2 Å². The number of rotatable bonds is 4. The molecule has 0 radical (unpaired) electrons. The predicted molar refractivity (Wildman–Crippen MR) is 107 cm³/mol. The summed E-state index contributed by atoms with van der Waals surface area (Å²) in [6.07, 6.45) is 0.631. The number of allylic oxidation sites excluding steroid dienone is 1. The van der Waals surface area contributed by atoms with E-state index in [2.05, 4.69) is 35.3 Å². The maximum Gasteiger partial charge on any atom is 0.334 e. The average Bonchev–Trinajstić information content (AvgIpc) is 3.09. The lowest BCUT2D eigenvalue weighted by Gasteiger charge is -2.26. The van der Waals surface area contributed by atoms with Crippen LogP contribution in [0.2, 0.25) is 0 Å². The van der Waals surface area contributed by atoms with E-state index in [9.17, 15) is 4.79 Å². The fourth-order valence-electron chi connectivity index (χ4n) is 4.01. The number of ether oxygens (including phenoxy) is 2. The van der Waals surface area contributed by atoms with Crippen molar-refractivity contribution in [2.75, 3.05) is 13.7 Å². The second-order valence-electron chi connectivity index (χ2n) is 6.81. The lowest BCUT2D eigenvalue weighted by Crippen LogP contribution is -2.18. The first-order valence-corrected chi connectivity index (χ1v) is 9.25. The van der Waals surface area contributed by atoms with E-state index < -0.39 is 0 Å². The van der Waals surface area contributed by atoms with Crippen LogP contribution in [-0.4, -0.2) is 24.7 Å². The first-order valence-electron chi connectivity index (χ1n) is 9.25. The molecule has 4 nitrogen and oxygen atoms in total. The maximum atomic E-state index is 12.6. The minimum atomic E-state index is -0.224. The van der Waals surface area contributed by atoms with Crippen LogP contribution in [0.3, 0.4) is 0 Å². The van der Waals surface area contributed by atoms with Crippen LogP contribution in [0, 0.1) is 0 Å². The Hall–Kier alpha value is -3.01. The molecule has 0 aliphatic heterocycles. The van der Waals surface area contributed by atoms with Crippen LogP contribution in [0.15, 0.2) is 54.1 Å². The van der Waals surface area contributed by atoms with E-state index in [4.69, 9.17) is 9.47 Å². The highest BCUT2D eigenvalue weighted by Gasteiger charge is 2.32. The Labute approximate surface area is 158 Å². The molecule has 1 aromatic heterocycles. The number of nitrogens with one attached hydrogen (secondary N) is 1. The SMILES string of the molecule is CCOC(=O)C1=C(C)c2[nH]c3ccccc3c2C(c2ccc(OC)cc2)C1. The Morgan fingerprint density at radius 1 is 1.15 bits per heavy atom. The Morgan fingerprint density at radius 2 is 1.89 bits per heavy atom. The maximum absolute atomic E-state index is 12.6. The monoisotopic (exact) mass is 361 g/mol. The van der Waals surface area contributed by atoms with Crippen LogP contribution in [0.25, 0.3) is 16.5 Å². The number of hydrogen-bond donors (Lipinski definition) is 1. The van der Waals surface area contributed by atoms with Gasteiger partial charge in [0.2, 0.25) is 0 Å². The number of hydrogen-bond acceptors (Lipinski definition) is 3. The zero-order valence-electron chi connectivity index (χ0n) is 15.8. The Balaban J connectivity index is 1.91. The van der Waals surface area contributed by atoms with Gasteiger partial charge in [0.25, 0.3) is 0 Å². The van der Waals surface area contributed by atoms with Crippen molar-refractivity contribution in [1.29, 1.82) is 0 Å². The molecule has 1 heterocycles. The van der Waals surface area contributed by atoms with E-state index in [1.807, 2.05) is 32.0 Å². The van der Waals surface area contributed by atoms with Crippen LogP contribution >= 0.6 is 0 Å². The lowest BCUT2D eigenvalue weighted by molar-refractivity contribution is -0.138. The van der Waals surface area contributed by atoms with Gasteiger partial charge in [-0.3, -0.25) is 0 Å². The zero-order valence-corrected chi connectivity index (χ0v) is 15.8. The average molecular weight is 361 g/mol. The summed E-state index contributed by atoms with van der Waals surface area (Å²) in [6, 6.07) is 16.4. The van der Waals surface area contributed by atoms with Crippen LogP contribution in [0.5, 0.6) is 5.75 Å². The molecule has 1 unspecified atom stereocenters. The number of carbonyl (C=O) groups excluding carboxylic acids is 1. The molecule has 27 heavy (non-hydrogen) atoms. The number of methoxy groups -OCH3 is 1. The van der Waals surface area contributed by atoms with E-state index in [0.717, 1.165) is 33.7 Å². The number of aromatic nitrogens is 1. The number of aromatic amines is 1. The molecule has 4 heteroatoms. The first-order chi connectivity index (χ1) is 13.1. The number of benzene rings is 2. The van der Waals surface area contributed by atoms with Gasteiger partial charge in [-0.15, -0.1) is 0 Å². The van der Waals surface area contributed by atoms with Gasteiger partial charge in [-0.2, -0.15) is 0 Å². The molecule has 3 aromatic rings. The summed E-state index contributed by atoms with van der Waals surface area (Å²) in [5.41, 5.74) is 6.26. The fourth-order valence-corrected chi connectivity index (χ4v) is 4.01. The van der Waals surface area contributed by atoms with Gasteiger partial charge >= 0.3 is 5.97 Å². The molecular weight excluding hydrogens is 338 g/mol. The molecule has 0 saturated carbocycles. The van der Waals surface area contributed by atoms with Gasteiger partial charge in [0, 0.05) is 28.1 Å². The lowest BCUT2D eigenvalue weighted by atomic mass is 9.78. The second-order valence-corrected chi connectivity index (χ2v) is 6.81. The molecule has 0 spiro atoms. The van der Waals surface area contributed by atoms with E-state index in [1.54, 1.807) is 7.11 Å². The normalized spacial score (nSPS) is 16.3. The molecule has 0 fully saturated rings.